The Morgan fingerprint density at radius 2 is 1.80 bits per heavy atom. The topological polar surface area (TPSA) is 42.5 Å². The van der Waals surface area contributed by atoms with E-state index in [1.54, 1.807) is 7.11 Å². The van der Waals surface area contributed by atoms with Crippen molar-refractivity contribution in [2.24, 2.45) is 0 Å². The number of anilines is 1. The van der Waals surface area contributed by atoms with Gasteiger partial charge in [0.2, 0.25) is 0 Å². The molecule has 0 bridgehead atoms. The number of hydrogen-bond acceptors (Lipinski definition) is 3. The number of nitrogens with one attached hydrogen (secondary N) is 2. The van der Waals surface area contributed by atoms with Crippen molar-refractivity contribution in [1.82, 2.24) is 5.32 Å². The van der Waals surface area contributed by atoms with E-state index >= 15 is 0 Å². The molecule has 2 aromatic carbocycles. The predicted octanol–water partition coefficient (Wildman–Crippen LogP) is 4.40. The lowest BCUT2D eigenvalue weighted by Gasteiger charge is -2.13. The Labute approximate surface area is 155 Å². The third-order valence-electron chi connectivity index (χ3n) is 3.58. The van der Waals surface area contributed by atoms with Gasteiger partial charge in [-0.25, -0.2) is 0 Å². The van der Waals surface area contributed by atoms with Crippen LogP contribution >= 0.6 is 12.2 Å². The highest BCUT2D eigenvalue weighted by Gasteiger charge is 2.03. The van der Waals surface area contributed by atoms with Crippen molar-refractivity contribution in [3.05, 3.63) is 54.1 Å². The maximum Gasteiger partial charge on any atom is 0.170 e. The minimum Gasteiger partial charge on any atom is -0.496 e. The Morgan fingerprint density at radius 1 is 1.08 bits per heavy atom. The lowest BCUT2D eigenvalue weighted by Crippen LogP contribution is -2.29. The van der Waals surface area contributed by atoms with Gasteiger partial charge in [0.25, 0.3) is 0 Å². The lowest BCUT2D eigenvalue weighted by atomic mass is 10.1. The molecule has 2 N–H and O–H groups in total. The zero-order valence-electron chi connectivity index (χ0n) is 15.0. The Balaban J connectivity index is 1.72. The van der Waals surface area contributed by atoms with E-state index in [9.17, 15) is 0 Å². The highest BCUT2D eigenvalue weighted by atomic mass is 32.1. The molecular weight excluding hydrogens is 332 g/mol. The molecule has 0 heterocycles. The van der Waals surface area contributed by atoms with Crippen LogP contribution in [0.1, 0.15) is 25.8 Å². The largest absolute Gasteiger partial charge is 0.496 e. The molecule has 5 heteroatoms. The fourth-order valence-electron chi connectivity index (χ4n) is 2.45. The first kappa shape index (κ1) is 19.1. The maximum atomic E-state index is 5.63. The molecule has 0 aliphatic heterocycles. The number of thiocarbonyl (C=S) groups is 1. The quantitative estimate of drug-likeness (QED) is 0.541. The van der Waals surface area contributed by atoms with Crippen LogP contribution in [0.3, 0.4) is 0 Å². The third-order valence-corrected chi connectivity index (χ3v) is 3.83. The van der Waals surface area contributed by atoms with Gasteiger partial charge >= 0.3 is 0 Å². The summed E-state index contributed by atoms with van der Waals surface area (Å²) in [5.74, 6) is 1.79. The molecule has 0 unspecified atom stereocenters. The fraction of sp³-hybridized carbons (Fsp3) is 0.350. The van der Waals surface area contributed by atoms with Crippen LogP contribution in [0.2, 0.25) is 0 Å². The molecule has 0 aliphatic rings. The van der Waals surface area contributed by atoms with Gasteiger partial charge in [0.05, 0.1) is 13.2 Å². The van der Waals surface area contributed by atoms with E-state index in [1.165, 1.54) is 5.56 Å². The monoisotopic (exact) mass is 358 g/mol. The summed E-state index contributed by atoms with van der Waals surface area (Å²) in [5, 5.41) is 7.04. The Kier molecular flexibility index (Phi) is 7.54. The number of rotatable bonds is 8. The van der Waals surface area contributed by atoms with Gasteiger partial charge < -0.3 is 20.1 Å². The maximum absolute atomic E-state index is 5.63. The molecule has 0 radical (unpaired) electrons. The average molecular weight is 359 g/mol. The van der Waals surface area contributed by atoms with E-state index in [1.807, 2.05) is 56.3 Å². The summed E-state index contributed by atoms with van der Waals surface area (Å²) >= 11 is 5.34. The molecule has 0 saturated carbocycles. The van der Waals surface area contributed by atoms with Gasteiger partial charge in [-0.1, -0.05) is 18.2 Å². The van der Waals surface area contributed by atoms with Gasteiger partial charge in [0.15, 0.2) is 5.11 Å². The van der Waals surface area contributed by atoms with E-state index in [0.717, 1.165) is 36.6 Å². The van der Waals surface area contributed by atoms with Crippen molar-refractivity contribution in [1.29, 1.82) is 0 Å². The first-order valence-corrected chi connectivity index (χ1v) is 8.93. The van der Waals surface area contributed by atoms with E-state index in [4.69, 9.17) is 21.7 Å². The number of hydrogen-bond donors (Lipinski definition) is 2. The van der Waals surface area contributed by atoms with Crippen molar-refractivity contribution >= 4 is 23.0 Å². The SMILES string of the molecule is COc1ccccc1CCCNC(=S)Nc1ccc(OC(C)C)cc1. The normalized spacial score (nSPS) is 10.4. The van der Waals surface area contributed by atoms with E-state index in [2.05, 4.69) is 16.7 Å². The van der Waals surface area contributed by atoms with Crippen LogP contribution in [0.5, 0.6) is 11.5 Å². The molecule has 0 atom stereocenters. The Hall–Kier alpha value is -2.27. The predicted molar refractivity (Wildman–Crippen MR) is 108 cm³/mol. The number of benzene rings is 2. The van der Waals surface area contributed by atoms with Crippen LogP contribution in [0.15, 0.2) is 48.5 Å². The second-order valence-electron chi connectivity index (χ2n) is 5.99. The van der Waals surface area contributed by atoms with Gasteiger partial charge in [-0.2, -0.15) is 0 Å². The van der Waals surface area contributed by atoms with Crippen molar-refractivity contribution in [2.75, 3.05) is 19.0 Å². The molecule has 134 valence electrons. The van der Waals surface area contributed by atoms with E-state index in [0.29, 0.717) is 5.11 Å². The molecule has 4 nitrogen and oxygen atoms in total. The number of para-hydroxylation sites is 1. The highest BCUT2D eigenvalue weighted by Crippen LogP contribution is 2.19. The van der Waals surface area contributed by atoms with Crippen LogP contribution in [0, 0.1) is 0 Å². The number of methoxy groups -OCH3 is 1. The Bertz CT molecular complexity index is 672. The summed E-state index contributed by atoms with van der Waals surface area (Å²) in [7, 11) is 1.70. The summed E-state index contributed by atoms with van der Waals surface area (Å²) in [5.41, 5.74) is 2.16. The molecule has 25 heavy (non-hydrogen) atoms. The molecule has 2 aromatic rings. The molecule has 0 aliphatic carbocycles. The second-order valence-corrected chi connectivity index (χ2v) is 6.40. The zero-order valence-corrected chi connectivity index (χ0v) is 15.9. The van der Waals surface area contributed by atoms with Gasteiger partial charge in [0, 0.05) is 12.2 Å². The summed E-state index contributed by atoms with van der Waals surface area (Å²) in [6.07, 6.45) is 2.09. The summed E-state index contributed by atoms with van der Waals surface area (Å²) < 4.78 is 11.0. The molecule has 0 amide bonds. The average Bonchev–Trinajstić information content (AvgIpc) is 2.60. The van der Waals surface area contributed by atoms with Crippen LogP contribution in [0.25, 0.3) is 0 Å². The number of aryl methyl sites for hydroxylation is 1. The minimum atomic E-state index is 0.171. The highest BCUT2D eigenvalue weighted by molar-refractivity contribution is 7.80. The van der Waals surface area contributed by atoms with Gasteiger partial charge in [-0.15, -0.1) is 0 Å². The third kappa shape index (κ3) is 6.63. The first-order valence-electron chi connectivity index (χ1n) is 8.52. The van der Waals surface area contributed by atoms with Gasteiger partial charge in [-0.05, 0) is 74.8 Å². The lowest BCUT2D eigenvalue weighted by molar-refractivity contribution is 0.242. The number of ether oxygens (including phenoxy) is 2. The molecule has 0 aromatic heterocycles. The van der Waals surface area contributed by atoms with Crippen molar-refractivity contribution in [2.45, 2.75) is 32.8 Å². The van der Waals surface area contributed by atoms with Crippen LogP contribution in [0.4, 0.5) is 5.69 Å². The zero-order chi connectivity index (χ0) is 18.1. The molecular formula is C20H26N2O2S. The van der Waals surface area contributed by atoms with Gasteiger partial charge in [0.1, 0.15) is 11.5 Å². The molecule has 0 fully saturated rings. The van der Waals surface area contributed by atoms with E-state index in [-0.39, 0.29) is 6.10 Å². The summed E-state index contributed by atoms with van der Waals surface area (Å²) in [6.45, 7) is 4.82. The second kappa shape index (κ2) is 9.89. The Morgan fingerprint density at radius 3 is 2.48 bits per heavy atom. The smallest absolute Gasteiger partial charge is 0.170 e. The molecule has 2 rings (SSSR count). The van der Waals surface area contributed by atoms with Gasteiger partial charge in [-0.3, -0.25) is 0 Å². The first-order chi connectivity index (χ1) is 12.1. The van der Waals surface area contributed by atoms with Crippen LogP contribution in [-0.4, -0.2) is 24.9 Å². The van der Waals surface area contributed by atoms with Crippen molar-refractivity contribution in [3.8, 4) is 11.5 Å². The van der Waals surface area contributed by atoms with E-state index < -0.39 is 0 Å². The van der Waals surface area contributed by atoms with Crippen LogP contribution < -0.4 is 20.1 Å². The molecule has 0 spiro atoms. The summed E-state index contributed by atoms with van der Waals surface area (Å²) in [4.78, 5) is 0. The van der Waals surface area contributed by atoms with Crippen LogP contribution in [-0.2, 0) is 6.42 Å². The summed E-state index contributed by atoms with van der Waals surface area (Å²) in [6, 6.07) is 15.9. The standard InChI is InChI=1S/C20H26N2O2S/c1-15(2)24-18-12-10-17(11-13-18)22-20(25)21-14-6-8-16-7-4-5-9-19(16)23-3/h4-5,7,9-13,15H,6,8,14H2,1-3H3,(H2,21,22,25). The molecule has 0 saturated heterocycles. The minimum absolute atomic E-state index is 0.171. The fourth-order valence-corrected chi connectivity index (χ4v) is 2.67. The van der Waals surface area contributed by atoms with Crippen molar-refractivity contribution < 1.29 is 9.47 Å². The van der Waals surface area contributed by atoms with Crippen molar-refractivity contribution in [3.63, 3.8) is 0 Å².